The average molecular weight is 469 g/mol. The van der Waals surface area contributed by atoms with Crippen LogP contribution in [0.3, 0.4) is 0 Å². The van der Waals surface area contributed by atoms with Crippen LogP contribution in [0.1, 0.15) is 55.7 Å². The topological polar surface area (TPSA) is 24.3 Å². The van der Waals surface area contributed by atoms with Crippen molar-refractivity contribution in [3.63, 3.8) is 0 Å². The van der Waals surface area contributed by atoms with E-state index in [1.165, 1.54) is 17.0 Å². The summed E-state index contributed by atoms with van der Waals surface area (Å²) in [6.07, 6.45) is 10.4. The van der Waals surface area contributed by atoms with Crippen LogP contribution in [-0.4, -0.2) is 40.7 Å². The summed E-state index contributed by atoms with van der Waals surface area (Å²) in [6.45, 7) is 8.10. The number of unbranched alkanes of at least 4 members (excludes halogenated alkanes) is 1. The summed E-state index contributed by atoms with van der Waals surface area (Å²) >= 11 is 0. The first-order valence-corrected chi connectivity index (χ1v) is 12.0. The Morgan fingerprint density at radius 2 is 1.94 bits per heavy atom. The van der Waals surface area contributed by atoms with Crippen LogP contribution >= 0.6 is 0 Å². The molecule has 1 aliphatic rings. The fourth-order valence-corrected chi connectivity index (χ4v) is 5.01. The Labute approximate surface area is 203 Å². The van der Waals surface area contributed by atoms with Crippen LogP contribution in [-0.2, 0) is 13.5 Å². The van der Waals surface area contributed by atoms with Crippen LogP contribution in [0.5, 0.6) is 0 Å². The van der Waals surface area contributed by atoms with E-state index in [-0.39, 0.29) is 5.56 Å². The largest absolute Gasteiger partial charge is 0.376 e. The molecule has 1 atom stereocenters. The molecule has 1 heterocycles. The van der Waals surface area contributed by atoms with E-state index in [1.807, 2.05) is 26.2 Å². The van der Waals surface area contributed by atoms with Crippen LogP contribution in [0.15, 0.2) is 60.3 Å². The molecule has 0 saturated carbocycles. The van der Waals surface area contributed by atoms with Crippen LogP contribution < -0.4 is 0 Å². The van der Waals surface area contributed by atoms with Gasteiger partial charge in [0.2, 0.25) is 0 Å². The van der Waals surface area contributed by atoms with Gasteiger partial charge in [-0.3, -0.25) is 4.68 Å². The summed E-state index contributed by atoms with van der Waals surface area (Å²) in [5.41, 5.74) is 7.38. The Balaban J connectivity index is 1.69. The quantitative estimate of drug-likeness (QED) is 0.356. The first-order valence-electron chi connectivity index (χ1n) is 12.0. The molecule has 1 aromatic carbocycles. The Hall–Kier alpha value is -2.89. The number of nitrogens with zero attached hydrogens (tertiary/aromatic N) is 4. The molecule has 0 saturated heterocycles. The number of aromatic nitrogens is 2. The third-order valence-corrected chi connectivity index (χ3v) is 6.74. The van der Waals surface area contributed by atoms with E-state index < -0.39 is 6.43 Å². The van der Waals surface area contributed by atoms with Crippen molar-refractivity contribution >= 4 is 0 Å². The maximum atomic E-state index is 13.7. The van der Waals surface area contributed by atoms with E-state index >= 15 is 0 Å². The highest BCUT2D eigenvalue weighted by atomic mass is 19.3. The van der Waals surface area contributed by atoms with Crippen LogP contribution in [0.25, 0.3) is 11.1 Å². The average Bonchev–Trinajstić information content (AvgIpc) is 3.21. The molecular weight excluding hydrogens is 430 g/mol. The van der Waals surface area contributed by atoms with Gasteiger partial charge in [-0.1, -0.05) is 25.1 Å². The second-order valence-electron chi connectivity index (χ2n) is 9.65. The maximum absolute atomic E-state index is 13.7. The van der Waals surface area contributed by atoms with Crippen LogP contribution in [0, 0.1) is 12.8 Å². The zero-order chi connectivity index (χ0) is 25.0. The molecule has 0 spiro atoms. The molecule has 1 unspecified atom stereocenters. The molecule has 0 amide bonds. The fourth-order valence-electron chi connectivity index (χ4n) is 5.01. The first-order chi connectivity index (χ1) is 16.1. The molecule has 3 rings (SSSR count). The summed E-state index contributed by atoms with van der Waals surface area (Å²) in [6, 6.07) is 3.60. The number of rotatable bonds is 10. The maximum Gasteiger partial charge on any atom is 0.264 e. The van der Waals surface area contributed by atoms with Gasteiger partial charge in [0.25, 0.3) is 6.43 Å². The Kier molecular flexibility index (Phi) is 8.34. The monoisotopic (exact) mass is 468 g/mol. The van der Waals surface area contributed by atoms with E-state index in [2.05, 4.69) is 48.6 Å². The second kappa shape index (κ2) is 11.0. The van der Waals surface area contributed by atoms with Crippen molar-refractivity contribution in [2.24, 2.45) is 13.0 Å². The van der Waals surface area contributed by atoms with Crippen molar-refractivity contribution in [1.82, 2.24) is 19.6 Å². The second-order valence-corrected chi connectivity index (χ2v) is 9.65. The highest BCUT2D eigenvalue weighted by molar-refractivity contribution is 5.68. The lowest BCUT2D eigenvalue weighted by Crippen LogP contribution is -2.26. The van der Waals surface area contributed by atoms with Crippen molar-refractivity contribution in [2.45, 2.75) is 52.4 Å². The molecule has 4 nitrogen and oxygen atoms in total. The third-order valence-electron chi connectivity index (χ3n) is 6.74. The van der Waals surface area contributed by atoms with Gasteiger partial charge in [-0.05, 0) is 80.0 Å². The van der Waals surface area contributed by atoms with Gasteiger partial charge >= 0.3 is 0 Å². The Morgan fingerprint density at radius 1 is 1.21 bits per heavy atom. The molecule has 1 aromatic heterocycles. The number of alkyl halides is 2. The van der Waals surface area contributed by atoms with Gasteiger partial charge in [0.15, 0.2) is 0 Å². The highest BCUT2D eigenvalue weighted by Crippen LogP contribution is 2.36. The lowest BCUT2D eigenvalue weighted by atomic mass is 9.86. The van der Waals surface area contributed by atoms with Crippen molar-refractivity contribution in [2.75, 3.05) is 21.1 Å². The van der Waals surface area contributed by atoms with E-state index in [4.69, 9.17) is 0 Å². The van der Waals surface area contributed by atoms with E-state index in [1.54, 1.807) is 30.2 Å². The summed E-state index contributed by atoms with van der Waals surface area (Å²) in [5.74, 6) is 0.495. The molecule has 6 heteroatoms. The summed E-state index contributed by atoms with van der Waals surface area (Å²) in [4.78, 5) is 4.28. The predicted octanol–water partition coefficient (Wildman–Crippen LogP) is 6.86. The lowest BCUT2D eigenvalue weighted by Gasteiger charge is -2.33. The Bertz CT molecular complexity index is 1080. The molecular formula is C28H38F2N4. The van der Waals surface area contributed by atoms with Crippen molar-refractivity contribution in [3.05, 3.63) is 77.0 Å². The number of hydrogen-bond donors (Lipinski definition) is 0. The number of allylic oxidation sites excluding steroid dienone is 2. The standard InChI is InChI=1S/C28H38F2N4/c1-8-33(6)26-15-21(13-20(3)27(26)32(4)5)11-9-10-12-22-16-24(23-17-31-34(7)18-23)25(28(29)30)14-19(22)2/h8,14-18,21,28H,1,9-13H2,2-7H3. The number of likely N-dealkylation sites (N-methyl/N-ethyl adjacent to an activating group) is 2. The van der Waals surface area contributed by atoms with E-state index in [9.17, 15) is 8.78 Å². The molecule has 0 radical (unpaired) electrons. The van der Waals surface area contributed by atoms with Gasteiger partial charge in [-0.2, -0.15) is 5.10 Å². The molecule has 184 valence electrons. The van der Waals surface area contributed by atoms with Crippen molar-refractivity contribution < 1.29 is 8.78 Å². The first kappa shape index (κ1) is 25.7. The molecule has 2 aromatic rings. The number of hydrogen-bond acceptors (Lipinski definition) is 3. The smallest absolute Gasteiger partial charge is 0.264 e. The normalized spacial score (nSPS) is 16.1. The highest BCUT2D eigenvalue weighted by Gasteiger charge is 2.23. The van der Waals surface area contributed by atoms with Crippen LogP contribution in [0.4, 0.5) is 8.78 Å². The van der Waals surface area contributed by atoms with Gasteiger partial charge in [0, 0.05) is 45.5 Å². The van der Waals surface area contributed by atoms with Gasteiger partial charge in [-0.25, -0.2) is 8.78 Å². The summed E-state index contributed by atoms with van der Waals surface area (Å²) in [7, 11) is 8.03. The molecule has 0 fully saturated rings. The number of aryl methyl sites for hydroxylation is 3. The fraction of sp³-hybridized carbons (Fsp3) is 0.464. The SMILES string of the molecule is C=CN(C)C1=CC(CCCCc2cc(-c3cnn(C)c3)c(C(F)F)cc2C)CC(C)=C1N(C)C. The number of benzene rings is 1. The van der Waals surface area contributed by atoms with Crippen molar-refractivity contribution in [1.29, 1.82) is 0 Å². The third kappa shape index (κ3) is 5.78. The molecule has 34 heavy (non-hydrogen) atoms. The van der Waals surface area contributed by atoms with Gasteiger partial charge in [0.1, 0.15) is 0 Å². The molecule has 0 bridgehead atoms. The van der Waals surface area contributed by atoms with Gasteiger partial charge in [0.05, 0.1) is 17.6 Å². The van der Waals surface area contributed by atoms with Gasteiger partial charge in [-0.15, -0.1) is 0 Å². The molecule has 0 aliphatic heterocycles. The zero-order valence-corrected chi connectivity index (χ0v) is 21.4. The Morgan fingerprint density at radius 3 is 2.53 bits per heavy atom. The summed E-state index contributed by atoms with van der Waals surface area (Å²) in [5, 5.41) is 4.17. The van der Waals surface area contributed by atoms with Crippen LogP contribution in [0.2, 0.25) is 0 Å². The minimum Gasteiger partial charge on any atom is -0.376 e. The summed E-state index contributed by atoms with van der Waals surface area (Å²) < 4.78 is 29.1. The number of halogens is 2. The lowest BCUT2D eigenvalue weighted by molar-refractivity contribution is 0.152. The van der Waals surface area contributed by atoms with Crippen molar-refractivity contribution in [3.8, 4) is 11.1 Å². The van der Waals surface area contributed by atoms with Gasteiger partial charge < -0.3 is 9.80 Å². The van der Waals surface area contributed by atoms with E-state index in [0.717, 1.165) is 48.8 Å². The van der Waals surface area contributed by atoms with E-state index in [0.29, 0.717) is 11.5 Å². The minimum absolute atomic E-state index is 0.0828. The minimum atomic E-state index is -2.51. The predicted molar refractivity (Wildman–Crippen MR) is 136 cm³/mol. The molecule has 0 N–H and O–H groups in total. The zero-order valence-electron chi connectivity index (χ0n) is 21.4. The molecule has 1 aliphatic carbocycles.